The molecule has 3 rings (SSSR count). The Labute approximate surface area is 167 Å². The minimum absolute atomic E-state index is 0.0410. The number of hydrogen-bond acceptors (Lipinski definition) is 6. The van der Waals surface area contributed by atoms with Crippen LogP contribution in [-0.2, 0) is 14.8 Å². The molecule has 1 aliphatic rings. The van der Waals surface area contributed by atoms with E-state index in [4.69, 9.17) is 9.47 Å². The quantitative estimate of drug-likeness (QED) is 0.520. The maximum absolute atomic E-state index is 13.0. The highest BCUT2D eigenvalue weighted by molar-refractivity contribution is 7.89. The van der Waals surface area contributed by atoms with Gasteiger partial charge in [0.15, 0.2) is 6.10 Å². The average Bonchev–Trinajstić information content (AvgIpc) is 3.50. The fourth-order valence-electron chi connectivity index (χ4n) is 2.63. The van der Waals surface area contributed by atoms with Crippen LogP contribution in [0.15, 0.2) is 47.4 Å². The highest BCUT2D eigenvalue weighted by Gasteiger charge is 2.31. The van der Waals surface area contributed by atoms with Crippen molar-refractivity contribution in [3.05, 3.63) is 59.4 Å². The summed E-state index contributed by atoms with van der Waals surface area (Å²) < 4.78 is 50.9. The summed E-state index contributed by atoms with van der Waals surface area (Å²) in [6, 6.07) is 8.60. The molecule has 0 unspecified atom stereocenters. The zero-order chi connectivity index (χ0) is 21.2. The van der Waals surface area contributed by atoms with Gasteiger partial charge in [-0.2, -0.15) is 0 Å². The number of carbonyl (C=O) groups is 2. The van der Waals surface area contributed by atoms with Crippen LogP contribution in [0.2, 0.25) is 0 Å². The number of benzene rings is 2. The third kappa shape index (κ3) is 4.99. The topological polar surface area (TPSA) is 98.8 Å². The van der Waals surface area contributed by atoms with Gasteiger partial charge >= 0.3 is 5.97 Å². The van der Waals surface area contributed by atoms with Crippen LogP contribution < -0.4 is 9.46 Å². The van der Waals surface area contributed by atoms with E-state index in [0.717, 1.165) is 31.0 Å². The summed E-state index contributed by atoms with van der Waals surface area (Å²) in [7, 11) is -2.55. The summed E-state index contributed by atoms with van der Waals surface area (Å²) in [5, 5.41) is 0. The fraction of sp³-hybridized carbons (Fsp3) is 0.300. The molecule has 154 valence electrons. The smallest absolute Gasteiger partial charge is 0.338 e. The Balaban J connectivity index is 1.78. The van der Waals surface area contributed by atoms with Gasteiger partial charge in [0.2, 0.25) is 15.8 Å². The van der Waals surface area contributed by atoms with Gasteiger partial charge in [0.1, 0.15) is 16.5 Å². The molecule has 29 heavy (non-hydrogen) atoms. The molecule has 1 N–H and O–H groups in total. The first-order valence-corrected chi connectivity index (χ1v) is 10.4. The van der Waals surface area contributed by atoms with Gasteiger partial charge < -0.3 is 9.47 Å². The van der Waals surface area contributed by atoms with Gasteiger partial charge in [-0.1, -0.05) is 0 Å². The molecule has 2 aromatic rings. The molecule has 1 fully saturated rings. The molecule has 0 aromatic heterocycles. The largest absolute Gasteiger partial charge is 0.495 e. The van der Waals surface area contributed by atoms with E-state index in [0.29, 0.717) is 0 Å². The van der Waals surface area contributed by atoms with Gasteiger partial charge in [-0.15, -0.1) is 0 Å². The molecular formula is C20H20FNO6S. The molecule has 0 aliphatic heterocycles. The Bertz CT molecular complexity index is 1030. The van der Waals surface area contributed by atoms with Crippen LogP contribution in [0.25, 0.3) is 0 Å². The SMILES string of the molecule is COc1ccc(C(=O)O[C@H](C)C(=O)c2ccc(F)cc2)cc1S(=O)(=O)NC1CC1. The number of carbonyl (C=O) groups excluding carboxylic acids is 2. The zero-order valence-corrected chi connectivity index (χ0v) is 16.7. The van der Waals surface area contributed by atoms with Crippen molar-refractivity contribution in [2.24, 2.45) is 0 Å². The molecule has 1 saturated carbocycles. The second kappa shape index (κ2) is 8.30. The van der Waals surface area contributed by atoms with Crippen LogP contribution in [-0.4, -0.2) is 39.4 Å². The number of ketones is 1. The van der Waals surface area contributed by atoms with E-state index in [1.807, 2.05) is 0 Å². The Morgan fingerprint density at radius 2 is 1.72 bits per heavy atom. The maximum Gasteiger partial charge on any atom is 0.338 e. The van der Waals surface area contributed by atoms with Gasteiger partial charge in [0, 0.05) is 11.6 Å². The van der Waals surface area contributed by atoms with E-state index in [9.17, 15) is 22.4 Å². The summed E-state index contributed by atoms with van der Waals surface area (Å²) in [6.45, 7) is 1.39. The molecule has 0 saturated heterocycles. The number of sulfonamides is 1. The molecule has 2 aromatic carbocycles. The third-order valence-corrected chi connectivity index (χ3v) is 5.91. The highest BCUT2D eigenvalue weighted by atomic mass is 32.2. The van der Waals surface area contributed by atoms with Gasteiger partial charge in [-0.05, 0) is 62.2 Å². The van der Waals surface area contributed by atoms with E-state index in [1.165, 1.54) is 38.3 Å². The first-order valence-electron chi connectivity index (χ1n) is 8.92. The average molecular weight is 421 g/mol. The molecule has 1 aliphatic carbocycles. The van der Waals surface area contributed by atoms with Gasteiger partial charge in [0.25, 0.3) is 0 Å². The summed E-state index contributed by atoms with van der Waals surface area (Å²) in [5.41, 5.74) is 0.152. The van der Waals surface area contributed by atoms with Crippen LogP contribution in [0, 0.1) is 5.82 Å². The molecule has 1 atom stereocenters. The van der Waals surface area contributed by atoms with E-state index < -0.39 is 33.7 Å². The second-order valence-electron chi connectivity index (χ2n) is 6.68. The number of nitrogens with one attached hydrogen (secondary N) is 1. The Hall–Kier alpha value is -2.78. The summed E-state index contributed by atoms with van der Waals surface area (Å²) in [6.07, 6.45) is 0.373. The van der Waals surface area contributed by atoms with Crippen LogP contribution in [0.1, 0.15) is 40.5 Å². The highest BCUT2D eigenvalue weighted by Crippen LogP contribution is 2.28. The first-order chi connectivity index (χ1) is 13.7. The fourth-order valence-corrected chi connectivity index (χ4v) is 4.13. The van der Waals surface area contributed by atoms with E-state index in [-0.39, 0.29) is 27.8 Å². The van der Waals surface area contributed by atoms with Crippen molar-refractivity contribution >= 4 is 21.8 Å². The van der Waals surface area contributed by atoms with Crippen molar-refractivity contribution in [3.8, 4) is 5.75 Å². The first kappa shape index (κ1) is 20.9. The Kier molecular flexibility index (Phi) is 5.99. The Morgan fingerprint density at radius 1 is 1.10 bits per heavy atom. The van der Waals surface area contributed by atoms with Gasteiger partial charge in [0.05, 0.1) is 12.7 Å². The van der Waals surface area contributed by atoms with E-state index in [2.05, 4.69) is 4.72 Å². The normalized spacial score (nSPS) is 14.9. The van der Waals surface area contributed by atoms with Gasteiger partial charge in [-0.25, -0.2) is 22.3 Å². The Morgan fingerprint density at radius 3 is 2.31 bits per heavy atom. The standard InChI is InChI=1S/C20H20FNO6S/c1-12(19(23)13-3-6-15(21)7-4-13)28-20(24)14-5-10-17(27-2)18(11-14)29(25,26)22-16-8-9-16/h3-7,10-12,16,22H,8-9H2,1-2H3/t12-/m1/s1. The minimum atomic E-state index is -3.87. The van der Waals surface area contributed by atoms with E-state index >= 15 is 0 Å². The number of Topliss-reactive ketones (excluding diaryl/α,β-unsaturated/α-hetero) is 1. The number of halogens is 1. The molecule has 0 radical (unpaired) electrons. The summed E-state index contributed by atoms with van der Waals surface area (Å²) >= 11 is 0. The molecular weight excluding hydrogens is 401 g/mol. The lowest BCUT2D eigenvalue weighted by atomic mass is 10.1. The van der Waals surface area contributed by atoms with Crippen molar-refractivity contribution < 1.29 is 31.9 Å². The number of methoxy groups -OCH3 is 1. The van der Waals surface area contributed by atoms with Crippen LogP contribution in [0.3, 0.4) is 0 Å². The molecule has 9 heteroatoms. The summed E-state index contributed by atoms with van der Waals surface area (Å²) in [5.74, 6) is -1.77. The number of esters is 1. The molecule has 0 amide bonds. The third-order valence-electron chi connectivity index (χ3n) is 4.37. The van der Waals surface area contributed by atoms with Crippen LogP contribution >= 0.6 is 0 Å². The second-order valence-corrected chi connectivity index (χ2v) is 8.36. The lowest BCUT2D eigenvalue weighted by molar-refractivity contribution is 0.0318. The number of rotatable bonds is 8. The lowest BCUT2D eigenvalue weighted by Gasteiger charge is -2.14. The van der Waals surface area contributed by atoms with Crippen molar-refractivity contribution in [2.75, 3.05) is 7.11 Å². The van der Waals surface area contributed by atoms with Crippen molar-refractivity contribution in [2.45, 2.75) is 36.8 Å². The predicted molar refractivity (Wildman–Crippen MR) is 102 cm³/mol. The van der Waals surface area contributed by atoms with Gasteiger partial charge in [-0.3, -0.25) is 4.79 Å². The van der Waals surface area contributed by atoms with Crippen LogP contribution in [0.5, 0.6) is 5.75 Å². The van der Waals surface area contributed by atoms with Crippen molar-refractivity contribution in [1.82, 2.24) is 4.72 Å². The lowest BCUT2D eigenvalue weighted by Crippen LogP contribution is -2.27. The zero-order valence-electron chi connectivity index (χ0n) is 15.8. The molecule has 0 heterocycles. The number of hydrogen-bond donors (Lipinski definition) is 1. The van der Waals surface area contributed by atoms with E-state index in [1.54, 1.807) is 0 Å². The molecule has 0 spiro atoms. The number of ether oxygens (including phenoxy) is 2. The minimum Gasteiger partial charge on any atom is -0.495 e. The summed E-state index contributed by atoms with van der Waals surface area (Å²) in [4.78, 5) is 24.6. The van der Waals surface area contributed by atoms with Crippen LogP contribution in [0.4, 0.5) is 4.39 Å². The molecule has 0 bridgehead atoms. The predicted octanol–water partition coefficient (Wildman–Crippen LogP) is 2.70. The molecule has 7 nitrogen and oxygen atoms in total. The monoisotopic (exact) mass is 421 g/mol. The maximum atomic E-state index is 13.0. The van der Waals surface area contributed by atoms with Crippen molar-refractivity contribution in [3.63, 3.8) is 0 Å². The van der Waals surface area contributed by atoms with Crippen molar-refractivity contribution in [1.29, 1.82) is 0 Å².